The maximum absolute atomic E-state index is 12.8. The molecule has 1 unspecified atom stereocenters. The molecule has 0 heterocycles. The van der Waals surface area contributed by atoms with Crippen molar-refractivity contribution < 1.29 is 13.9 Å². The Bertz CT molecular complexity index is 614. The predicted molar refractivity (Wildman–Crippen MR) is 79.8 cm³/mol. The standard InChI is InChI=1S/C16H17FN2O2/c1-2-15(18)16(20)19-12-4-3-5-14(10-12)21-13-8-6-11(17)7-9-13/h3-10,15H,2,18H2,1H3,(H,19,20). The molecule has 0 aliphatic rings. The van der Waals surface area contributed by atoms with Gasteiger partial charge in [0.1, 0.15) is 17.3 Å². The fraction of sp³-hybridized carbons (Fsp3) is 0.188. The van der Waals surface area contributed by atoms with E-state index in [1.807, 2.05) is 6.92 Å². The largest absolute Gasteiger partial charge is 0.457 e. The predicted octanol–water partition coefficient (Wildman–Crippen LogP) is 3.29. The van der Waals surface area contributed by atoms with Gasteiger partial charge in [-0.05, 0) is 42.8 Å². The molecule has 0 fully saturated rings. The van der Waals surface area contributed by atoms with E-state index in [0.29, 0.717) is 23.6 Å². The highest BCUT2D eigenvalue weighted by Gasteiger charge is 2.11. The highest BCUT2D eigenvalue weighted by Crippen LogP contribution is 2.24. The summed E-state index contributed by atoms with van der Waals surface area (Å²) in [4.78, 5) is 11.7. The van der Waals surface area contributed by atoms with Gasteiger partial charge in [-0.1, -0.05) is 13.0 Å². The lowest BCUT2D eigenvalue weighted by Gasteiger charge is -2.11. The third kappa shape index (κ3) is 4.29. The Morgan fingerprint density at radius 3 is 2.62 bits per heavy atom. The summed E-state index contributed by atoms with van der Waals surface area (Å²) in [5, 5.41) is 2.72. The monoisotopic (exact) mass is 288 g/mol. The van der Waals surface area contributed by atoms with E-state index in [1.165, 1.54) is 24.3 Å². The SMILES string of the molecule is CCC(N)C(=O)Nc1cccc(Oc2ccc(F)cc2)c1. The van der Waals surface area contributed by atoms with Gasteiger partial charge in [0.15, 0.2) is 0 Å². The first kappa shape index (κ1) is 15.0. The molecule has 3 N–H and O–H groups in total. The maximum Gasteiger partial charge on any atom is 0.241 e. The van der Waals surface area contributed by atoms with E-state index in [9.17, 15) is 9.18 Å². The lowest BCUT2D eigenvalue weighted by Crippen LogP contribution is -2.34. The number of nitrogens with one attached hydrogen (secondary N) is 1. The third-order valence-electron chi connectivity index (χ3n) is 2.93. The highest BCUT2D eigenvalue weighted by molar-refractivity contribution is 5.94. The summed E-state index contributed by atoms with van der Waals surface area (Å²) in [6.45, 7) is 1.85. The Labute approximate surface area is 122 Å². The first-order valence-electron chi connectivity index (χ1n) is 6.68. The molecular weight excluding hydrogens is 271 g/mol. The number of carbonyl (C=O) groups is 1. The van der Waals surface area contributed by atoms with E-state index in [2.05, 4.69) is 5.32 Å². The number of hydrogen-bond donors (Lipinski definition) is 2. The van der Waals surface area contributed by atoms with Gasteiger partial charge in [-0.25, -0.2) is 4.39 Å². The molecule has 0 saturated heterocycles. The van der Waals surface area contributed by atoms with Crippen LogP contribution < -0.4 is 15.8 Å². The fourth-order valence-electron chi connectivity index (χ4n) is 1.70. The molecule has 2 rings (SSSR count). The molecule has 21 heavy (non-hydrogen) atoms. The second kappa shape index (κ2) is 6.85. The van der Waals surface area contributed by atoms with Crippen LogP contribution in [0.1, 0.15) is 13.3 Å². The van der Waals surface area contributed by atoms with Crippen LogP contribution in [0.25, 0.3) is 0 Å². The molecule has 0 radical (unpaired) electrons. The lowest BCUT2D eigenvalue weighted by molar-refractivity contribution is -0.117. The van der Waals surface area contributed by atoms with Crippen LogP contribution in [0.3, 0.4) is 0 Å². The van der Waals surface area contributed by atoms with Gasteiger partial charge >= 0.3 is 0 Å². The molecule has 0 aromatic heterocycles. The van der Waals surface area contributed by atoms with Crippen molar-refractivity contribution >= 4 is 11.6 Å². The summed E-state index contributed by atoms with van der Waals surface area (Å²) in [7, 11) is 0. The smallest absolute Gasteiger partial charge is 0.241 e. The van der Waals surface area contributed by atoms with Gasteiger partial charge in [0.05, 0.1) is 6.04 Å². The van der Waals surface area contributed by atoms with Crippen LogP contribution in [0.15, 0.2) is 48.5 Å². The van der Waals surface area contributed by atoms with Crippen molar-refractivity contribution in [1.29, 1.82) is 0 Å². The normalized spacial score (nSPS) is 11.8. The van der Waals surface area contributed by atoms with Crippen LogP contribution >= 0.6 is 0 Å². The van der Waals surface area contributed by atoms with E-state index in [-0.39, 0.29) is 11.7 Å². The Morgan fingerprint density at radius 1 is 1.24 bits per heavy atom. The van der Waals surface area contributed by atoms with Gasteiger partial charge in [0, 0.05) is 11.8 Å². The number of hydrogen-bond acceptors (Lipinski definition) is 3. The number of rotatable bonds is 5. The molecule has 0 aliphatic carbocycles. The first-order chi connectivity index (χ1) is 10.1. The minimum Gasteiger partial charge on any atom is -0.457 e. The molecule has 1 amide bonds. The van der Waals surface area contributed by atoms with Gasteiger partial charge in [0.25, 0.3) is 0 Å². The summed E-state index contributed by atoms with van der Waals surface area (Å²) < 4.78 is 18.4. The maximum atomic E-state index is 12.8. The number of carbonyl (C=O) groups excluding carboxylic acids is 1. The second-order valence-electron chi connectivity index (χ2n) is 4.59. The molecule has 2 aromatic rings. The summed E-state index contributed by atoms with van der Waals surface area (Å²) in [5.74, 6) is 0.503. The van der Waals surface area contributed by atoms with Crippen molar-refractivity contribution in [3.05, 3.63) is 54.3 Å². The highest BCUT2D eigenvalue weighted by atomic mass is 19.1. The number of ether oxygens (including phenoxy) is 1. The fourth-order valence-corrected chi connectivity index (χ4v) is 1.70. The van der Waals surface area contributed by atoms with Crippen molar-refractivity contribution in [2.75, 3.05) is 5.32 Å². The molecule has 2 aromatic carbocycles. The summed E-state index contributed by atoms with van der Waals surface area (Å²) >= 11 is 0. The van der Waals surface area contributed by atoms with Gasteiger partial charge in [-0.2, -0.15) is 0 Å². The molecular formula is C16H17FN2O2. The van der Waals surface area contributed by atoms with E-state index in [1.54, 1.807) is 24.3 Å². The molecule has 4 nitrogen and oxygen atoms in total. The molecule has 0 aliphatic heterocycles. The van der Waals surface area contributed by atoms with Crippen LogP contribution in [-0.4, -0.2) is 11.9 Å². The first-order valence-corrected chi connectivity index (χ1v) is 6.68. The molecule has 0 spiro atoms. The van der Waals surface area contributed by atoms with E-state index < -0.39 is 6.04 Å². The minimum atomic E-state index is -0.535. The van der Waals surface area contributed by atoms with Gasteiger partial charge < -0.3 is 15.8 Å². The zero-order valence-electron chi connectivity index (χ0n) is 11.7. The van der Waals surface area contributed by atoms with Crippen LogP contribution in [0.2, 0.25) is 0 Å². The van der Waals surface area contributed by atoms with E-state index in [0.717, 1.165) is 0 Å². The van der Waals surface area contributed by atoms with Gasteiger partial charge in [-0.15, -0.1) is 0 Å². The van der Waals surface area contributed by atoms with Crippen molar-refractivity contribution in [3.63, 3.8) is 0 Å². The van der Waals surface area contributed by atoms with Crippen molar-refractivity contribution in [2.24, 2.45) is 5.73 Å². The number of benzene rings is 2. The second-order valence-corrected chi connectivity index (χ2v) is 4.59. The van der Waals surface area contributed by atoms with Crippen molar-refractivity contribution in [3.8, 4) is 11.5 Å². The van der Waals surface area contributed by atoms with Crippen LogP contribution in [-0.2, 0) is 4.79 Å². The Balaban J connectivity index is 2.07. The van der Waals surface area contributed by atoms with Gasteiger partial charge in [0.2, 0.25) is 5.91 Å². The topological polar surface area (TPSA) is 64.4 Å². The molecule has 5 heteroatoms. The van der Waals surface area contributed by atoms with Crippen LogP contribution in [0.5, 0.6) is 11.5 Å². The summed E-state index contributed by atoms with van der Waals surface area (Å²) in [5.41, 5.74) is 6.26. The Morgan fingerprint density at radius 2 is 1.95 bits per heavy atom. The summed E-state index contributed by atoms with van der Waals surface area (Å²) in [6, 6.07) is 12.1. The van der Waals surface area contributed by atoms with Gasteiger partial charge in [-0.3, -0.25) is 4.79 Å². The average Bonchev–Trinajstić information content (AvgIpc) is 2.49. The lowest BCUT2D eigenvalue weighted by atomic mass is 10.2. The third-order valence-corrected chi connectivity index (χ3v) is 2.93. The molecule has 110 valence electrons. The zero-order valence-corrected chi connectivity index (χ0v) is 11.7. The summed E-state index contributed by atoms with van der Waals surface area (Å²) in [6.07, 6.45) is 0.567. The average molecular weight is 288 g/mol. The quantitative estimate of drug-likeness (QED) is 0.887. The van der Waals surface area contributed by atoms with E-state index >= 15 is 0 Å². The zero-order chi connectivity index (χ0) is 15.2. The minimum absolute atomic E-state index is 0.239. The van der Waals surface area contributed by atoms with E-state index in [4.69, 9.17) is 10.5 Å². The van der Waals surface area contributed by atoms with Crippen molar-refractivity contribution in [1.82, 2.24) is 0 Å². The number of nitrogens with two attached hydrogens (primary N) is 1. The number of anilines is 1. The van der Waals surface area contributed by atoms with Crippen LogP contribution in [0.4, 0.5) is 10.1 Å². The Kier molecular flexibility index (Phi) is 4.90. The number of halogens is 1. The molecule has 1 atom stereocenters. The molecule has 0 bridgehead atoms. The Hall–Kier alpha value is -2.40. The van der Waals surface area contributed by atoms with Crippen molar-refractivity contribution in [2.45, 2.75) is 19.4 Å². The van der Waals surface area contributed by atoms with Crippen LogP contribution in [0, 0.1) is 5.82 Å². The molecule has 0 saturated carbocycles. The number of amides is 1.